The zero-order valence-corrected chi connectivity index (χ0v) is 12.5. The van der Waals surface area contributed by atoms with Gasteiger partial charge in [-0.05, 0) is 76.9 Å². The van der Waals surface area contributed by atoms with Gasteiger partial charge in [0.05, 0.1) is 0 Å². The van der Waals surface area contributed by atoms with E-state index < -0.39 is 0 Å². The number of likely N-dealkylation sites (tertiary alicyclic amines) is 1. The van der Waals surface area contributed by atoms with Crippen LogP contribution in [0.25, 0.3) is 0 Å². The molecule has 0 spiro atoms. The average Bonchev–Trinajstić information content (AvgIpc) is 2.55. The molecule has 0 aromatic rings. The number of nitrogens with two attached hydrogens (primary N) is 1. The summed E-state index contributed by atoms with van der Waals surface area (Å²) in [5.74, 6) is 0.811. The molecule has 1 aliphatic heterocycles. The maximum absolute atomic E-state index is 5.58. The highest BCUT2D eigenvalue weighted by molar-refractivity contribution is 7.99. The normalized spacial score (nSPS) is 24.5. The quantitative estimate of drug-likeness (QED) is 0.761. The fraction of sp³-hybridized carbons (Fsp3) is 1.00. The van der Waals surface area contributed by atoms with E-state index in [2.05, 4.69) is 29.8 Å². The minimum Gasteiger partial charge on any atom is -0.330 e. The first kappa shape index (κ1) is 15.3. The van der Waals surface area contributed by atoms with E-state index in [0.29, 0.717) is 0 Å². The molecule has 1 fully saturated rings. The molecule has 0 aliphatic carbocycles. The molecule has 3 heteroatoms. The lowest BCUT2D eigenvalue weighted by atomic mass is 10.0. The summed E-state index contributed by atoms with van der Waals surface area (Å²) in [7, 11) is 0. The van der Waals surface area contributed by atoms with Crippen LogP contribution in [-0.4, -0.2) is 42.6 Å². The summed E-state index contributed by atoms with van der Waals surface area (Å²) >= 11 is 2.06. The number of thioether (sulfide) groups is 1. The Morgan fingerprint density at radius 1 is 1.29 bits per heavy atom. The van der Waals surface area contributed by atoms with E-state index in [0.717, 1.165) is 17.7 Å². The van der Waals surface area contributed by atoms with E-state index in [9.17, 15) is 0 Å². The summed E-state index contributed by atoms with van der Waals surface area (Å²) in [6.07, 6.45) is 10.3. The van der Waals surface area contributed by atoms with Crippen LogP contribution in [0.4, 0.5) is 0 Å². The van der Waals surface area contributed by atoms with Crippen LogP contribution in [0, 0.1) is 5.92 Å². The molecule has 0 aromatic carbocycles. The van der Waals surface area contributed by atoms with E-state index in [1.165, 1.54) is 58.2 Å². The Morgan fingerprint density at radius 2 is 2.12 bits per heavy atom. The number of hydrogen-bond acceptors (Lipinski definition) is 3. The predicted molar refractivity (Wildman–Crippen MR) is 79.7 cm³/mol. The summed E-state index contributed by atoms with van der Waals surface area (Å²) in [6.45, 7) is 7.12. The maximum Gasteiger partial charge on any atom is 0.00569 e. The molecule has 2 nitrogen and oxygen atoms in total. The highest BCUT2D eigenvalue weighted by Crippen LogP contribution is 2.21. The van der Waals surface area contributed by atoms with Crippen LogP contribution < -0.4 is 5.73 Å². The van der Waals surface area contributed by atoms with E-state index >= 15 is 0 Å². The molecule has 1 aliphatic rings. The van der Waals surface area contributed by atoms with Crippen molar-refractivity contribution in [3.05, 3.63) is 0 Å². The summed E-state index contributed by atoms with van der Waals surface area (Å²) in [6, 6.07) is 0. The maximum atomic E-state index is 5.58. The van der Waals surface area contributed by atoms with Crippen molar-refractivity contribution in [1.29, 1.82) is 0 Å². The van der Waals surface area contributed by atoms with Gasteiger partial charge in [0, 0.05) is 5.25 Å². The van der Waals surface area contributed by atoms with Crippen molar-refractivity contribution in [3.8, 4) is 0 Å². The predicted octanol–water partition coefficient (Wildman–Crippen LogP) is 2.97. The highest BCUT2D eigenvalue weighted by atomic mass is 32.2. The Kier molecular flexibility index (Phi) is 8.33. The SMILES string of the molecule is CSC1CCCN(CCCC(C)CCN)CC1. The molecule has 1 saturated heterocycles. The van der Waals surface area contributed by atoms with Gasteiger partial charge >= 0.3 is 0 Å². The van der Waals surface area contributed by atoms with E-state index in [4.69, 9.17) is 5.73 Å². The van der Waals surface area contributed by atoms with Crippen molar-refractivity contribution in [3.63, 3.8) is 0 Å². The third kappa shape index (κ3) is 6.68. The monoisotopic (exact) mass is 258 g/mol. The summed E-state index contributed by atoms with van der Waals surface area (Å²) in [4.78, 5) is 2.67. The van der Waals surface area contributed by atoms with Crippen LogP contribution in [0.2, 0.25) is 0 Å². The zero-order chi connectivity index (χ0) is 12.5. The van der Waals surface area contributed by atoms with Crippen molar-refractivity contribution in [2.45, 2.75) is 50.7 Å². The molecule has 102 valence electrons. The molecule has 0 radical (unpaired) electrons. The molecule has 2 atom stereocenters. The van der Waals surface area contributed by atoms with Crippen LogP contribution in [0.1, 0.15) is 45.4 Å². The van der Waals surface area contributed by atoms with Gasteiger partial charge in [-0.1, -0.05) is 6.92 Å². The van der Waals surface area contributed by atoms with Crippen LogP contribution in [-0.2, 0) is 0 Å². The third-order valence-corrected chi connectivity index (χ3v) is 5.07. The number of hydrogen-bond donors (Lipinski definition) is 1. The van der Waals surface area contributed by atoms with Gasteiger partial charge in [-0.25, -0.2) is 0 Å². The third-order valence-electron chi connectivity index (χ3n) is 3.93. The van der Waals surface area contributed by atoms with E-state index in [1.807, 2.05) is 0 Å². The van der Waals surface area contributed by atoms with Crippen LogP contribution in [0.15, 0.2) is 0 Å². The molecule has 0 bridgehead atoms. The molecule has 0 saturated carbocycles. The Bertz CT molecular complexity index is 187. The van der Waals surface area contributed by atoms with E-state index in [-0.39, 0.29) is 0 Å². The fourth-order valence-electron chi connectivity index (χ4n) is 2.68. The Hall–Kier alpha value is 0.270. The minimum absolute atomic E-state index is 0.811. The smallest absolute Gasteiger partial charge is 0.00569 e. The molecule has 0 amide bonds. The van der Waals surface area contributed by atoms with Gasteiger partial charge in [0.15, 0.2) is 0 Å². The average molecular weight is 258 g/mol. The molecule has 1 rings (SSSR count). The van der Waals surface area contributed by atoms with Gasteiger partial charge in [0.25, 0.3) is 0 Å². The number of nitrogens with zero attached hydrogens (tertiary/aromatic N) is 1. The fourth-order valence-corrected chi connectivity index (χ4v) is 3.42. The molecule has 2 N–H and O–H groups in total. The lowest BCUT2D eigenvalue weighted by Gasteiger charge is -2.20. The lowest BCUT2D eigenvalue weighted by Crippen LogP contribution is -2.26. The first-order chi connectivity index (χ1) is 8.26. The largest absolute Gasteiger partial charge is 0.330 e. The van der Waals surface area contributed by atoms with Gasteiger partial charge in [-0.15, -0.1) is 0 Å². The Balaban J connectivity index is 2.10. The molecule has 1 heterocycles. The highest BCUT2D eigenvalue weighted by Gasteiger charge is 2.15. The second kappa shape index (κ2) is 9.23. The molecular weight excluding hydrogens is 228 g/mol. The van der Waals surface area contributed by atoms with Crippen molar-refractivity contribution >= 4 is 11.8 Å². The Morgan fingerprint density at radius 3 is 2.82 bits per heavy atom. The van der Waals surface area contributed by atoms with Crippen molar-refractivity contribution < 1.29 is 0 Å². The summed E-state index contributed by atoms with van der Waals surface area (Å²) < 4.78 is 0. The van der Waals surface area contributed by atoms with Gasteiger partial charge in [0.1, 0.15) is 0 Å². The zero-order valence-electron chi connectivity index (χ0n) is 11.7. The topological polar surface area (TPSA) is 29.3 Å². The van der Waals surface area contributed by atoms with Gasteiger partial charge in [-0.2, -0.15) is 11.8 Å². The van der Waals surface area contributed by atoms with Gasteiger partial charge < -0.3 is 10.6 Å². The van der Waals surface area contributed by atoms with Crippen LogP contribution in [0.5, 0.6) is 0 Å². The van der Waals surface area contributed by atoms with Gasteiger partial charge in [0.2, 0.25) is 0 Å². The first-order valence-electron chi connectivity index (χ1n) is 7.21. The lowest BCUT2D eigenvalue weighted by molar-refractivity contribution is 0.271. The van der Waals surface area contributed by atoms with Crippen molar-refractivity contribution in [1.82, 2.24) is 4.90 Å². The molecule has 17 heavy (non-hydrogen) atoms. The summed E-state index contributed by atoms with van der Waals surface area (Å²) in [5, 5.41) is 0.913. The number of rotatable bonds is 7. The Labute approximate surface area is 112 Å². The van der Waals surface area contributed by atoms with Crippen molar-refractivity contribution in [2.24, 2.45) is 11.7 Å². The summed E-state index contributed by atoms with van der Waals surface area (Å²) in [5.41, 5.74) is 5.58. The van der Waals surface area contributed by atoms with Crippen molar-refractivity contribution in [2.75, 3.05) is 32.4 Å². The molecule has 0 aromatic heterocycles. The van der Waals surface area contributed by atoms with Gasteiger partial charge in [-0.3, -0.25) is 0 Å². The molecular formula is C14H30N2S. The molecule has 2 unspecified atom stereocenters. The van der Waals surface area contributed by atoms with Crippen LogP contribution in [0.3, 0.4) is 0 Å². The minimum atomic E-state index is 0.811. The second-order valence-electron chi connectivity index (χ2n) is 5.46. The van der Waals surface area contributed by atoms with E-state index in [1.54, 1.807) is 0 Å². The first-order valence-corrected chi connectivity index (χ1v) is 8.50. The standard InChI is InChI=1S/C14H30N2S/c1-13(7-9-15)5-3-10-16-11-4-6-14(17-2)8-12-16/h13-14H,3-12,15H2,1-2H3. The second-order valence-corrected chi connectivity index (χ2v) is 6.59. The van der Waals surface area contributed by atoms with Crippen LogP contribution >= 0.6 is 11.8 Å².